The highest BCUT2D eigenvalue weighted by Crippen LogP contribution is 2.46. The highest BCUT2D eigenvalue weighted by atomic mass is 32.2. The third-order valence-corrected chi connectivity index (χ3v) is 6.05. The lowest BCUT2D eigenvalue weighted by Gasteiger charge is -2.25. The average molecular weight is 356 g/mol. The summed E-state index contributed by atoms with van der Waals surface area (Å²) in [4.78, 5) is 16.6. The van der Waals surface area contributed by atoms with E-state index in [2.05, 4.69) is 4.90 Å². The van der Waals surface area contributed by atoms with Crippen LogP contribution in [0.4, 0.5) is 5.69 Å². The first-order chi connectivity index (χ1) is 11.7. The molecule has 1 amide bonds. The van der Waals surface area contributed by atoms with Gasteiger partial charge < -0.3 is 9.64 Å². The molecule has 0 bridgehead atoms. The van der Waals surface area contributed by atoms with Gasteiger partial charge in [0.1, 0.15) is 17.2 Å². The fourth-order valence-corrected chi connectivity index (χ4v) is 5.05. The Morgan fingerprint density at radius 1 is 1.12 bits per heavy atom. The second-order valence-corrected chi connectivity index (χ2v) is 7.15. The summed E-state index contributed by atoms with van der Waals surface area (Å²) in [6.07, 6.45) is 0. The van der Waals surface area contributed by atoms with Crippen LogP contribution in [0.2, 0.25) is 0 Å². The van der Waals surface area contributed by atoms with Crippen molar-refractivity contribution in [1.29, 1.82) is 0 Å². The van der Waals surface area contributed by atoms with Gasteiger partial charge >= 0.3 is 0 Å². The number of amides is 1. The van der Waals surface area contributed by atoms with Gasteiger partial charge in [0, 0.05) is 5.75 Å². The van der Waals surface area contributed by atoms with Crippen molar-refractivity contribution < 1.29 is 9.53 Å². The summed E-state index contributed by atoms with van der Waals surface area (Å²) in [6, 6.07) is 17.4. The Hall–Kier alpha value is -2.05. The summed E-state index contributed by atoms with van der Waals surface area (Å²) < 4.78 is 5.22. The topological polar surface area (TPSA) is 32.8 Å². The number of ether oxygens (including phenoxy) is 1. The number of carbonyl (C=O) groups excluding carboxylic acids is 1. The molecule has 1 unspecified atom stereocenters. The maximum atomic E-state index is 12.8. The van der Waals surface area contributed by atoms with E-state index in [-0.39, 0.29) is 17.3 Å². The summed E-state index contributed by atoms with van der Waals surface area (Å²) in [5.74, 6) is 1.64. The molecule has 2 fully saturated rings. The van der Waals surface area contributed by atoms with E-state index >= 15 is 0 Å². The van der Waals surface area contributed by atoms with E-state index in [0.717, 1.165) is 22.8 Å². The molecule has 2 aliphatic rings. The molecule has 2 aromatic carbocycles. The lowest BCUT2D eigenvalue weighted by Crippen LogP contribution is -2.33. The van der Waals surface area contributed by atoms with Crippen LogP contribution in [0.5, 0.6) is 5.75 Å². The summed E-state index contributed by atoms with van der Waals surface area (Å²) in [6.45, 7) is 0. The highest BCUT2D eigenvalue weighted by Gasteiger charge is 2.50. The van der Waals surface area contributed by atoms with Crippen LogP contribution < -0.4 is 9.64 Å². The van der Waals surface area contributed by atoms with Gasteiger partial charge in [-0.25, -0.2) is 0 Å². The lowest BCUT2D eigenvalue weighted by atomic mass is 10.2. The van der Waals surface area contributed by atoms with Gasteiger partial charge in [0.05, 0.1) is 12.8 Å². The van der Waals surface area contributed by atoms with Crippen molar-refractivity contribution in [3.8, 4) is 5.75 Å². The number of hydrogen-bond donors (Lipinski definition) is 0. The van der Waals surface area contributed by atoms with Gasteiger partial charge in [-0.1, -0.05) is 30.3 Å². The van der Waals surface area contributed by atoms with E-state index in [1.807, 2.05) is 54.6 Å². The molecule has 0 aliphatic carbocycles. The molecule has 2 saturated heterocycles. The Morgan fingerprint density at radius 2 is 1.83 bits per heavy atom. The quantitative estimate of drug-likeness (QED) is 0.787. The van der Waals surface area contributed by atoms with E-state index in [4.69, 9.17) is 17.0 Å². The Labute approximate surface area is 150 Å². The second kappa shape index (κ2) is 6.11. The molecule has 0 radical (unpaired) electrons. The minimum absolute atomic E-state index is 0.0612. The summed E-state index contributed by atoms with van der Waals surface area (Å²) >= 11 is 7.41. The number of anilines is 1. The number of rotatable bonds is 3. The number of carbonyl (C=O) groups is 1. The largest absolute Gasteiger partial charge is 0.497 e. The fraction of sp³-hybridized carbons (Fsp3) is 0.222. The number of fused-ring (bicyclic) bond motifs is 1. The van der Waals surface area contributed by atoms with Crippen LogP contribution in [0.15, 0.2) is 54.6 Å². The molecule has 0 N–H and O–H groups in total. The van der Waals surface area contributed by atoms with Gasteiger partial charge in [0.2, 0.25) is 0 Å². The molecule has 2 heterocycles. The van der Waals surface area contributed by atoms with Gasteiger partial charge in [-0.2, -0.15) is 0 Å². The minimum Gasteiger partial charge on any atom is -0.497 e. The summed E-state index contributed by atoms with van der Waals surface area (Å²) in [5.41, 5.74) is 1.97. The number of thioether (sulfide) groups is 1. The molecule has 0 spiro atoms. The first-order valence-electron chi connectivity index (χ1n) is 7.67. The van der Waals surface area contributed by atoms with Crippen molar-refractivity contribution in [2.75, 3.05) is 17.8 Å². The molecular weight excluding hydrogens is 340 g/mol. The third kappa shape index (κ3) is 2.37. The van der Waals surface area contributed by atoms with E-state index in [1.165, 1.54) is 0 Å². The molecule has 2 atom stereocenters. The van der Waals surface area contributed by atoms with Gasteiger partial charge in [0.25, 0.3) is 5.91 Å². The van der Waals surface area contributed by atoms with E-state index in [1.54, 1.807) is 23.8 Å². The van der Waals surface area contributed by atoms with Crippen molar-refractivity contribution in [2.45, 2.75) is 11.4 Å². The molecule has 122 valence electrons. The van der Waals surface area contributed by atoms with Crippen LogP contribution >= 0.6 is 24.0 Å². The molecule has 0 aromatic heterocycles. The minimum atomic E-state index is -0.185. The van der Waals surface area contributed by atoms with Crippen LogP contribution in [0.25, 0.3) is 0 Å². The molecular formula is C18H16N2O2S2. The molecule has 2 aliphatic heterocycles. The van der Waals surface area contributed by atoms with Crippen LogP contribution in [-0.2, 0) is 4.79 Å². The van der Waals surface area contributed by atoms with E-state index < -0.39 is 0 Å². The normalized spacial score (nSPS) is 22.9. The molecule has 6 heteroatoms. The number of nitrogens with zero attached hydrogens (tertiary/aromatic N) is 2. The van der Waals surface area contributed by atoms with Crippen molar-refractivity contribution in [3.63, 3.8) is 0 Å². The highest BCUT2D eigenvalue weighted by molar-refractivity contribution is 7.99. The number of benzene rings is 2. The van der Waals surface area contributed by atoms with Crippen LogP contribution in [0, 0.1) is 0 Å². The fourth-order valence-electron chi connectivity index (χ4n) is 3.13. The Bertz CT molecular complexity index is 779. The number of thiocarbonyl (C=S) groups is 1. The SMILES string of the molecule is COc1ccc(C2SC[C@@H]3C(=O)N(c4ccccc4)C(=S)N23)cc1. The summed E-state index contributed by atoms with van der Waals surface area (Å²) in [5, 5.41) is 0.646. The van der Waals surface area contributed by atoms with Crippen LogP contribution in [-0.4, -0.2) is 34.8 Å². The van der Waals surface area contributed by atoms with Gasteiger partial charge in [-0.05, 0) is 42.0 Å². The third-order valence-electron chi connectivity index (χ3n) is 4.33. The standard InChI is InChI=1S/C18H16N2O2S2/c1-22-14-9-7-12(8-10-14)17-20-15(11-24-17)16(21)19(18(20)23)13-5-3-2-4-6-13/h2-10,15,17H,11H2,1H3/t15-,17?/m1/s1. The average Bonchev–Trinajstić information content (AvgIpc) is 3.17. The lowest BCUT2D eigenvalue weighted by molar-refractivity contribution is -0.119. The number of hydrogen-bond acceptors (Lipinski definition) is 4. The predicted octanol–water partition coefficient (Wildman–Crippen LogP) is 3.44. The Balaban J connectivity index is 1.65. The predicted molar refractivity (Wildman–Crippen MR) is 100 cm³/mol. The Morgan fingerprint density at radius 3 is 2.50 bits per heavy atom. The zero-order chi connectivity index (χ0) is 16.7. The van der Waals surface area contributed by atoms with Crippen LogP contribution in [0.3, 0.4) is 0 Å². The van der Waals surface area contributed by atoms with E-state index in [0.29, 0.717) is 5.11 Å². The summed E-state index contributed by atoms with van der Waals surface area (Å²) in [7, 11) is 1.65. The number of para-hydroxylation sites is 1. The smallest absolute Gasteiger partial charge is 0.257 e. The van der Waals surface area contributed by atoms with Gasteiger partial charge in [-0.3, -0.25) is 9.69 Å². The second-order valence-electron chi connectivity index (χ2n) is 5.67. The molecule has 24 heavy (non-hydrogen) atoms. The zero-order valence-corrected chi connectivity index (χ0v) is 14.7. The zero-order valence-electron chi connectivity index (χ0n) is 13.1. The molecule has 2 aromatic rings. The van der Waals surface area contributed by atoms with E-state index in [9.17, 15) is 4.79 Å². The van der Waals surface area contributed by atoms with Crippen molar-refractivity contribution >= 4 is 40.7 Å². The van der Waals surface area contributed by atoms with Crippen molar-refractivity contribution in [3.05, 3.63) is 60.2 Å². The molecule has 4 rings (SSSR count). The first kappa shape index (κ1) is 15.5. The number of methoxy groups -OCH3 is 1. The Kier molecular flexibility index (Phi) is 3.94. The maximum absolute atomic E-state index is 12.8. The monoisotopic (exact) mass is 356 g/mol. The molecule has 0 saturated carbocycles. The molecule has 4 nitrogen and oxygen atoms in total. The maximum Gasteiger partial charge on any atom is 0.257 e. The van der Waals surface area contributed by atoms with Gasteiger partial charge in [0.15, 0.2) is 5.11 Å². The van der Waals surface area contributed by atoms with Gasteiger partial charge in [-0.15, -0.1) is 11.8 Å². The van der Waals surface area contributed by atoms with Crippen LogP contribution in [0.1, 0.15) is 10.9 Å². The van der Waals surface area contributed by atoms with Crippen molar-refractivity contribution in [1.82, 2.24) is 4.90 Å². The van der Waals surface area contributed by atoms with Crippen molar-refractivity contribution in [2.24, 2.45) is 0 Å². The first-order valence-corrected chi connectivity index (χ1v) is 9.13.